The molecule has 1 heterocycles. The van der Waals surface area contributed by atoms with Gasteiger partial charge in [0.1, 0.15) is 5.75 Å². The first-order valence-corrected chi connectivity index (χ1v) is 5.26. The van der Waals surface area contributed by atoms with Crippen LogP contribution in [0.25, 0.3) is 0 Å². The molecular formula is C12H18N2O. The topological polar surface area (TPSA) is 33.3 Å². The maximum absolute atomic E-state index is 5.21. The van der Waals surface area contributed by atoms with Crippen LogP contribution in [-0.2, 0) is 0 Å². The molecule has 3 heteroatoms. The average molecular weight is 206 g/mol. The van der Waals surface area contributed by atoms with Gasteiger partial charge in [0.05, 0.1) is 18.5 Å². The highest BCUT2D eigenvalue weighted by molar-refractivity contribution is 5.71. The van der Waals surface area contributed by atoms with Gasteiger partial charge in [-0.25, -0.2) is 0 Å². The number of nitrogens with one attached hydrogen (secondary N) is 2. The standard InChI is InChI=1S/C12H18N2O/c1-12(2)7-13-10-5-4-9(15-3)6-11(10)14-8-12/h4-6,13-14H,7-8H2,1-3H3. The third-order valence-corrected chi connectivity index (χ3v) is 2.74. The van der Waals surface area contributed by atoms with Crippen LogP contribution in [0.15, 0.2) is 18.2 Å². The van der Waals surface area contributed by atoms with Crippen LogP contribution in [0.4, 0.5) is 11.4 Å². The molecule has 0 saturated carbocycles. The molecule has 2 rings (SSSR count). The molecule has 1 aromatic carbocycles. The molecule has 1 aliphatic heterocycles. The Hall–Kier alpha value is -1.38. The molecule has 2 N–H and O–H groups in total. The largest absolute Gasteiger partial charge is 0.497 e. The number of fused-ring (bicyclic) bond motifs is 1. The van der Waals surface area contributed by atoms with Gasteiger partial charge in [0.2, 0.25) is 0 Å². The summed E-state index contributed by atoms with van der Waals surface area (Å²) < 4.78 is 5.21. The number of rotatable bonds is 1. The van der Waals surface area contributed by atoms with Crippen molar-refractivity contribution in [3.63, 3.8) is 0 Å². The first-order valence-electron chi connectivity index (χ1n) is 5.26. The molecule has 1 aromatic rings. The van der Waals surface area contributed by atoms with E-state index in [1.54, 1.807) is 7.11 Å². The summed E-state index contributed by atoms with van der Waals surface area (Å²) in [6, 6.07) is 6.07. The van der Waals surface area contributed by atoms with E-state index in [0.717, 1.165) is 30.2 Å². The van der Waals surface area contributed by atoms with E-state index < -0.39 is 0 Å². The fourth-order valence-electron chi connectivity index (χ4n) is 1.68. The second kappa shape index (κ2) is 3.65. The normalized spacial score (nSPS) is 18.1. The average Bonchev–Trinajstić information content (AvgIpc) is 2.38. The van der Waals surface area contributed by atoms with Gasteiger partial charge < -0.3 is 15.4 Å². The van der Waals surface area contributed by atoms with Gasteiger partial charge in [0.25, 0.3) is 0 Å². The summed E-state index contributed by atoms with van der Waals surface area (Å²) in [5.74, 6) is 0.891. The van der Waals surface area contributed by atoms with E-state index >= 15 is 0 Å². The van der Waals surface area contributed by atoms with Crippen LogP contribution in [0.1, 0.15) is 13.8 Å². The zero-order chi connectivity index (χ0) is 10.9. The lowest BCUT2D eigenvalue weighted by Gasteiger charge is -2.21. The van der Waals surface area contributed by atoms with E-state index in [2.05, 4.69) is 30.5 Å². The SMILES string of the molecule is COc1ccc2c(c1)NCC(C)(C)CN2. The van der Waals surface area contributed by atoms with Crippen LogP contribution in [0, 0.1) is 5.41 Å². The molecule has 0 spiro atoms. The first kappa shape index (κ1) is 10.1. The number of methoxy groups -OCH3 is 1. The van der Waals surface area contributed by atoms with E-state index in [0.29, 0.717) is 0 Å². The van der Waals surface area contributed by atoms with Crippen molar-refractivity contribution in [2.24, 2.45) is 5.41 Å². The Morgan fingerprint density at radius 3 is 2.47 bits per heavy atom. The van der Waals surface area contributed by atoms with Crippen molar-refractivity contribution < 1.29 is 4.74 Å². The molecule has 0 fully saturated rings. The van der Waals surface area contributed by atoms with Crippen LogP contribution in [0.2, 0.25) is 0 Å². The van der Waals surface area contributed by atoms with Gasteiger partial charge in [-0.05, 0) is 17.5 Å². The number of anilines is 2. The Balaban J connectivity index is 2.27. The second-order valence-electron chi connectivity index (χ2n) is 4.78. The Labute approximate surface area is 90.8 Å². The smallest absolute Gasteiger partial charge is 0.121 e. The quantitative estimate of drug-likeness (QED) is 0.741. The minimum absolute atomic E-state index is 0.270. The van der Waals surface area contributed by atoms with Gasteiger partial charge in [0.15, 0.2) is 0 Å². The van der Waals surface area contributed by atoms with Crippen molar-refractivity contribution in [1.29, 1.82) is 0 Å². The van der Waals surface area contributed by atoms with Crippen molar-refractivity contribution >= 4 is 11.4 Å². The van der Waals surface area contributed by atoms with Crippen molar-refractivity contribution in [3.8, 4) is 5.75 Å². The van der Waals surface area contributed by atoms with Gasteiger partial charge in [0, 0.05) is 19.2 Å². The fraction of sp³-hybridized carbons (Fsp3) is 0.500. The van der Waals surface area contributed by atoms with Crippen LogP contribution in [-0.4, -0.2) is 20.2 Å². The third kappa shape index (κ3) is 2.17. The van der Waals surface area contributed by atoms with Crippen molar-refractivity contribution in [2.45, 2.75) is 13.8 Å². The maximum Gasteiger partial charge on any atom is 0.121 e. The molecule has 0 amide bonds. The van der Waals surface area contributed by atoms with E-state index in [1.807, 2.05) is 12.1 Å². The predicted molar refractivity (Wildman–Crippen MR) is 63.8 cm³/mol. The summed E-state index contributed by atoms with van der Waals surface area (Å²) in [7, 11) is 1.69. The lowest BCUT2D eigenvalue weighted by atomic mass is 9.94. The van der Waals surface area contributed by atoms with E-state index in [9.17, 15) is 0 Å². The number of hydrogen-bond donors (Lipinski definition) is 2. The highest BCUT2D eigenvalue weighted by Gasteiger charge is 2.21. The molecular weight excluding hydrogens is 188 g/mol. The number of benzene rings is 1. The van der Waals surface area contributed by atoms with Crippen LogP contribution < -0.4 is 15.4 Å². The highest BCUT2D eigenvalue weighted by atomic mass is 16.5. The zero-order valence-electron chi connectivity index (χ0n) is 9.55. The number of hydrogen-bond acceptors (Lipinski definition) is 3. The van der Waals surface area contributed by atoms with Crippen molar-refractivity contribution in [2.75, 3.05) is 30.8 Å². The van der Waals surface area contributed by atoms with E-state index in [-0.39, 0.29) is 5.41 Å². The van der Waals surface area contributed by atoms with Gasteiger partial charge in [-0.15, -0.1) is 0 Å². The molecule has 0 saturated heterocycles. The van der Waals surface area contributed by atoms with Crippen molar-refractivity contribution in [3.05, 3.63) is 18.2 Å². The second-order valence-corrected chi connectivity index (χ2v) is 4.78. The molecule has 0 atom stereocenters. The van der Waals surface area contributed by atoms with Crippen molar-refractivity contribution in [1.82, 2.24) is 0 Å². The molecule has 0 unspecified atom stereocenters. The molecule has 82 valence electrons. The molecule has 0 radical (unpaired) electrons. The lowest BCUT2D eigenvalue weighted by Crippen LogP contribution is -2.27. The molecule has 3 nitrogen and oxygen atoms in total. The highest BCUT2D eigenvalue weighted by Crippen LogP contribution is 2.31. The first-order chi connectivity index (χ1) is 7.11. The molecule has 0 aliphatic carbocycles. The monoisotopic (exact) mass is 206 g/mol. The van der Waals surface area contributed by atoms with E-state index in [4.69, 9.17) is 4.74 Å². The molecule has 1 aliphatic rings. The summed E-state index contributed by atoms with van der Waals surface area (Å²) in [4.78, 5) is 0. The van der Waals surface area contributed by atoms with Gasteiger partial charge in [-0.3, -0.25) is 0 Å². The van der Waals surface area contributed by atoms with Gasteiger partial charge in [-0.1, -0.05) is 13.8 Å². The molecule has 0 aromatic heterocycles. The molecule has 15 heavy (non-hydrogen) atoms. The van der Waals surface area contributed by atoms with Crippen LogP contribution in [0.3, 0.4) is 0 Å². The van der Waals surface area contributed by atoms with E-state index in [1.165, 1.54) is 0 Å². The zero-order valence-corrected chi connectivity index (χ0v) is 9.55. The summed E-state index contributed by atoms with van der Waals surface area (Å²) in [6.07, 6.45) is 0. The van der Waals surface area contributed by atoms with Crippen LogP contribution in [0.5, 0.6) is 5.75 Å². The Morgan fingerprint density at radius 1 is 1.13 bits per heavy atom. The summed E-state index contributed by atoms with van der Waals surface area (Å²) in [5, 5.41) is 6.90. The Bertz CT molecular complexity index is 361. The third-order valence-electron chi connectivity index (χ3n) is 2.74. The minimum Gasteiger partial charge on any atom is -0.497 e. The maximum atomic E-state index is 5.21. The van der Waals surface area contributed by atoms with Gasteiger partial charge in [-0.2, -0.15) is 0 Å². The fourth-order valence-corrected chi connectivity index (χ4v) is 1.68. The summed E-state index contributed by atoms with van der Waals surface area (Å²) >= 11 is 0. The minimum atomic E-state index is 0.270. The van der Waals surface area contributed by atoms with Gasteiger partial charge >= 0.3 is 0 Å². The Kier molecular flexibility index (Phi) is 2.47. The Morgan fingerprint density at radius 2 is 1.80 bits per heavy atom. The summed E-state index contributed by atoms with van der Waals surface area (Å²) in [5.41, 5.74) is 2.55. The lowest BCUT2D eigenvalue weighted by molar-refractivity contribution is 0.414. The summed E-state index contributed by atoms with van der Waals surface area (Å²) in [6.45, 7) is 6.45. The molecule has 0 bridgehead atoms. The van der Waals surface area contributed by atoms with Crippen LogP contribution >= 0.6 is 0 Å². The number of ether oxygens (including phenoxy) is 1. The predicted octanol–water partition coefficient (Wildman–Crippen LogP) is 2.56.